The summed E-state index contributed by atoms with van der Waals surface area (Å²) in [4.78, 5) is 10.1. The summed E-state index contributed by atoms with van der Waals surface area (Å²) in [5.41, 5.74) is 25.6. The lowest BCUT2D eigenvalue weighted by Crippen LogP contribution is -2.61. The predicted molar refractivity (Wildman–Crippen MR) is 414 cm³/mol. The molecule has 98 heavy (non-hydrogen) atoms. The normalized spacial score (nSPS) is 12.9. The van der Waals surface area contributed by atoms with Crippen LogP contribution in [0.15, 0.2) is 312 Å². The molecule has 0 aliphatic carbocycles. The molecule has 0 fully saturated rings. The van der Waals surface area contributed by atoms with Crippen molar-refractivity contribution >= 4 is 168 Å². The van der Waals surface area contributed by atoms with Crippen molar-refractivity contribution in [2.45, 2.75) is 52.4 Å². The Morgan fingerprint density at radius 3 is 1.41 bits per heavy atom. The van der Waals surface area contributed by atoms with Gasteiger partial charge in [-0.05, 0) is 195 Å². The molecule has 19 rings (SSSR count). The fourth-order valence-corrected chi connectivity index (χ4v) is 15.9. The van der Waals surface area contributed by atoms with Crippen molar-refractivity contribution < 1.29 is 8.83 Å². The lowest BCUT2D eigenvalue weighted by Gasteiger charge is -2.45. The van der Waals surface area contributed by atoms with Gasteiger partial charge in [0.1, 0.15) is 22.3 Å². The summed E-state index contributed by atoms with van der Waals surface area (Å²) in [7, 11) is 0. The van der Waals surface area contributed by atoms with Crippen LogP contribution in [0.4, 0.5) is 68.2 Å². The Morgan fingerprint density at radius 2 is 0.776 bits per heavy atom. The van der Waals surface area contributed by atoms with Crippen LogP contribution >= 0.6 is 0 Å². The van der Waals surface area contributed by atoms with Crippen molar-refractivity contribution in [3.8, 4) is 5.69 Å². The van der Waals surface area contributed by atoms with Crippen LogP contribution < -0.4 is 36.0 Å². The minimum Gasteiger partial charge on any atom is -0.456 e. The molecule has 0 bridgehead atoms. The molecule has 0 saturated heterocycles. The Morgan fingerprint density at radius 1 is 0.306 bits per heavy atom. The van der Waals surface area contributed by atoms with E-state index in [1.807, 2.05) is 12.1 Å². The van der Waals surface area contributed by atoms with Crippen molar-refractivity contribution in [2.75, 3.05) is 19.6 Å². The van der Waals surface area contributed by atoms with E-state index in [1.165, 1.54) is 49.1 Å². The van der Waals surface area contributed by atoms with Gasteiger partial charge >= 0.3 is 0 Å². The standard InChI is InChI=1S/C90H68BN5O2/c1-89(2,3)59-34-39-63(40-35-59)95-79-54-68(93(66-44-49-84-73(52-66)70-27-16-19-31-82(70)97-84)67-45-50-85-74(53-67)71-28-17-20-32-83(71)98-85)43-46-75(79)91-76-47-48-78-86(72-29-15-18-30-77(72)94(78)62-25-11-8-12-26-62)88(76)96(64-41-36-60(37-42-64)90(4,5)6)81-56-69(55-80(95)87(81)91)92(61-23-9-7-10-24-61)65-38-33-57-21-13-14-22-58(57)51-65/h7-56H,1-6H3. The van der Waals surface area contributed by atoms with Crippen molar-refractivity contribution in [2.24, 2.45) is 0 Å². The Kier molecular flexibility index (Phi) is 12.8. The first-order valence-electron chi connectivity index (χ1n) is 34.1. The smallest absolute Gasteiger partial charge is 0.252 e. The monoisotopic (exact) mass is 1260 g/mol. The number of anilines is 12. The average Bonchev–Trinajstić information content (AvgIpc) is 1.13. The minimum atomic E-state index is -0.242. The highest BCUT2D eigenvalue weighted by Crippen LogP contribution is 2.53. The summed E-state index contributed by atoms with van der Waals surface area (Å²) in [5.74, 6) is 0. The van der Waals surface area contributed by atoms with Crippen molar-refractivity contribution in [1.82, 2.24) is 4.57 Å². The first-order valence-corrected chi connectivity index (χ1v) is 34.1. The summed E-state index contributed by atoms with van der Waals surface area (Å²) in [6, 6.07) is 112. The number of aromatic nitrogens is 1. The van der Waals surface area contributed by atoms with Crippen LogP contribution in [0.5, 0.6) is 0 Å². The molecular formula is C90H68BN5O2. The SMILES string of the molecule is CC(C)(C)c1ccc(N2c3cc(N(c4ccc5oc6ccccc6c5c4)c4ccc5oc6ccccc6c5c4)ccc3B3c4ccc5c(c4N(c4ccc(C(C)(C)C)cc4)c4cc(N(c6ccccc6)c6ccc7ccccc7c6)cc2c43)c2ccccc2n5-c2ccccc2)cc1. The second-order valence-corrected chi connectivity index (χ2v) is 28.5. The quantitative estimate of drug-likeness (QED) is 0.134. The Balaban J connectivity index is 0.946. The van der Waals surface area contributed by atoms with E-state index in [4.69, 9.17) is 8.83 Å². The van der Waals surface area contributed by atoms with Gasteiger partial charge in [-0.25, -0.2) is 0 Å². The van der Waals surface area contributed by atoms with Crippen LogP contribution in [0.3, 0.4) is 0 Å². The van der Waals surface area contributed by atoms with Gasteiger partial charge in [0.15, 0.2) is 0 Å². The summed E-state index contributed by atoms with van der Waals surface area (Å²) >= 11 is 0. The van der Waals surface area contributed by atoms with E-state index in [-0.39, 0.29) is 17.5 Å². The van der Waals surface area contributed by atoms with Crippen LogP contribution in [0.2, 0.25) is 0 Å². The average molecular weight is 1260 g/mol. The van der Waals surface area contributed by atoms with E-state index in [1.54, 1.807) is 0 Å². The van der Waals surface area contributed by atoms with Gasteiger partial charge in [-0.3, -0.25) is 0 Å². The zero-order chi connectivity index (χ0) is 65.7. The Hall–Kier alpha value is -12.0. The topological polar surface area (TPSA) is 44.2 Å². The number of hydrogen-bond donors (Lipinski definition) is 0. The highest BCUT2D eigenvalue weighted by atomic mass is 16.3. The molecule has 3 aromatic heterocycles. The molecule has 0 N–H and O–H groups in total. The molecule has 2 aliphatic rings. The minimum absolute atomic E-state index is 0.0726. The zero-order valence-corrected chi connectivity index (χ0v) is 55.5. The molecule has 0 radical (unpaired) electrons. The van der Waals surface area contributed by atoms with E-state index in [9.17, 15) is 0 Å². The molecule has 5 heterocycles. The number of fused-ring (bicyclic) bond motifs is 15. The van der Waals surface area contributed by atoms with E-state index in [0.717, 1.165) is 129 Å². The second-order valence-electron chi connectivity index (χ2n) is 28.5. The van der Waals surface area contributed by atoms with Crippen molar-refractivity contribution in [1.29, 1.82) is 0 Å². The summed E-state index contributed by atoms with van der Waals surface area (Å²) in [6.45, 7) is 13.6. The highest BCUT2D eigenvalue weighted by Gasteiger charge is 2.46. The van der Waals surface area contributed by atoms with E-state index in [0.29, 0.717) is 0 Å². The van der Waals surface area contributed by atoms with Gasteiger partial charge in [0.2, 0.25) is 0 Å². The van der Waals surface area contributed by atoms with Gasteiger partial charge in [0.25, 0.3) is 6.71 Å². The molecule has 0 amide bonds. The fraction of sp³-hybridized carbons (Fsp3) is 0.0889. The van der Waals surface area contributed by atoms with Gasteiger partial charge < -0.3 is 33.0 Å². The third-order valence-corrected chi connectivity index (χ3v) is 20.6. The van der Waals surface area contributed by atoms with Crippen LogP contribution in [0.25, 0.3) is 82.1 Å². The predicted octanol–water partition coefficient (Wildman–Crippen LogP) is 23.4. The zero-order valence-electron chi connectivity index (χ0n) is 55.5. The maximum Gasteiger partial charge on any atom is 0.252 e. The number of rotatable bonds is 9. The number of hydrogen-bond acceptors (Lipinski definition) is 6. The second kappa shape index (κ2) is 21.8. The molecular weight excluding hydrogens is 1190 g/mol. The van der Waals surface area contributed by atoms with Gasteiger partial charge in [-0.2, -0.15) is 0 Å². The van der Waals surface area contributed by atoms with E-state index in [2.05, 4.69) is 357 Å². The molecule has 0 spiro atoms. The highest BCUT2D eigenvalue weighted by molar-refractivity contribution is 7.00. The fourth-order valence-electron chi connectivity index (χ4n) is 15.9. The van der Waals surface area contributed by atoms with Gasteiger partial charge in [-0.1, -0.05) is 199 Å². The largest absolute Gasteiger partial charge is 0.456 e. The molecule has 17 aromatic rings. The lowest BCUT2D eigenvalue weighted by molar-refractivity contribution is 0.590. The van der Waals surface area contributed by atoms with Crippen LogP contribution in [0.1, 0.15) is 52.7 Å². The Bertz CT molecular complexity index is 5940. The molecule has 14 aromatic carbocycles. The van der Waals surface area contributed by atoms with Gasteiger partial charge in [-0.15, -0.1) is 0 Å². The van der Waals surface area contributed by atoms with E-state index < -0.39 is 0 Å². The maximum atomic E-state index is 6.55. The summed E-state index contributed by atoms with van der Waals surface area (Å²) in [5, 5.41) is 9.00. The number of furan rings is 2. The Labute approximate surface area is 569 Å². The number of nitrogens with zero attached hydrogens (tertiary/aromatic N) is 5. The van der Waals surface area contributed by atoms with Gasteiger partial charge in [0.05, 0.1) is 22.4 Å². The van der Waals surface area contributed by atoms with Crippen LogP contribution in [-0.4, -0.2) is 11.3 Å². The first-order chi connectivity index (χ1) is 47.9. The van der Waals surface area contributed by atoms with Crippen molar-refractivity contribution in [3.63, 3.8) is 0 Å². The molecule has 8 heteroatoms. The summed E-state index contributed by atoms with van der Waals surface area (Å²) in [6.07, 6.45) is 0. The lowest BCUT2D eigenvalue weighted by atomic mass is 9.33. The third kappa shape index (κ3) is 9.04. The molecule has 468 valence electrons. The van der Waals surface area contributed by atoms with Crippen LogP contribution in [-0.2, 0) is 10.8 Å². The molecule has 2 aliphatic heterocycles. The molecule has 7 nitrogen and oxygen atoms in total. The summed E-state index contributed by atoms with van der Waals surface area (Å²) < 4.78 is 15.6. The van der Waals surface area contributed by atoms with Crippen molar-refractivity contribution in [3.05, 3.63) is 314 Å². The first kappa shape index (κ1) is 57.5. The molecule has 0 saturated carbocycles. The van der Waals surface area contributed by atoms with Gasteiger partial charge in [0, 0.05) is 94.9 Å². The molecule has 0 atom stereocenters. The van der Waals surface area contributed by atoms with E-state index >= 15 is 0 Å². The molecule has 0 unspecified atom stereocenters. The number of para-hydroxylation sites is 5. The third-order valence-electron chi connectivity index (χ3n) is 20.6. The maximum absolute atomic E-state index is 6.55. The van der Waals surface area contributed by atoms with Crippen LogP contribution in [0, 0.1) is 0 Å². The number of benzene rings is 14.